The number of allylic oxidation sites excluding steroid dienone is 1. The summed E-state index contributed by atoms with van der Waals surface area (Å²) in [4.78, 5) is 12.6. The fourth-order valence-electron chi connectivity index (χ4n) is 3.86. The summed E-state index contributed by atoms with van der Waals surface area (Å²) in [5.74, 6) is 0.236. The van der Waals surface area contributed by atoms with Crippen molar-refractivity contribution in [2.75, 3.05) is 19.6 Å². The van der Waals surface area contributed by atoms with Crippen molar-refractivity contribution >= 4 is 15.9 Å². The highest BCUT2D eigenvalue weighted by Crippen LogP contribution is 2.24. The van der Waals surface area contributed by atoms with Crippen LogP contribution in [0.4, 0.5) is 0 Å². The van der Waals surface area contributed by atoms with Gasteiger partial charge in [-0.2, -0.15) is 4.31 Å². The number of hydrogen-bond acceptors (Lipinski definition) is 3. The molecule has 1 amide bonds. The van der Waals surface area contributed by atoms with Gasteiger partial charge < -0.3 is 5.32 Å². The van der Waals surface area contributed by atoms with Crippen LogP contribution in [0.3, 0.4) is 0 Å². The van der Waals surface area contributed by atoms with E-state index in [0.717, 1.165) is 32.1 Å². The Hall–Kier alpha value is -1.66. The zero-order chi connectivity index (χ0) is 19.3. The smallest absolute Gasteiger partial charge is 0.251 e. The van der Waals surface area contributed by atoms with Crippen molar-refractivity contribution in [1.29, 1.82) is 0 Å². The summed E-state index contributed by atoms with van der Waals surface area (Å²) in [6, 6.07) is 6.31. The van der Waals surface area contributed by atoms with Gasteiger partial charge in [-0.25, -0.2) is 8.42 Å². The lowest BCUT2D eigenvalue weighted by Crippen LogP contribution is -2.39. The standard InChI is InChI=1S/C21H30N2O3S/c1-17-6-5-15-23(16-17)27(25,26)20-11-9-19(10-12-20)21(24)22-14-13-18-7-3-2-4-8-18/h7,9-12,17H,2-6,8,13-16H2,1H3,(H,22,24). The molecule has 6 heteroatoms. The number of rotatable bonds is 6. The van der Waals surface area contributed by atoms with Gasteiger partial charge in [0.1, 0.15) is 0 Å². The molecule has 0 aromatic heterocycles. The van der Waals surface area contributed by atoms with Gasteiger partial charge in [0.15, 0.2) is 0 Å². The number of carbonyl (C=O) groups is 1. The molecule has 1 aromatic rings. The fraction of sp³-hybridized carbons (Fsp3) is 0.571. The van der Waals surface area contributed by atoms with Gasteiger partial charge in [-0.15, -0.1) is 0 Å². The minimum Gasteiger partial charge on any atom is -0.352 e. The molecule has 1 fully saturated rings. The molecule has 1 aromatic carbocycles. The third-order valence-electron chi connectivity index (χ3n) is 5.49. The van der Waals surface area contributed by atoms with Crippen LogP contribution in [0, 0.1) is 5.92 Å². The Labute approximate surface area is 162 Å². The van der Waals surface area contributed by atoms with E-state index in [-0.39, 0.29) is 10.8 Å². The average Bonchev–Trinajstić information content (AvgIpc) is 2.69. The van der Waals surface area contributed by atoms with Gasteiger partial charge in [-0.1, -0.05) is 18.6 Å². The van der Waals surface area contributed by atoms with Crippen LogP contribution in [0.2, 0.25) is 0 Å². The topological polar surface area (TPSA) is 66.5 Å². The van der Waals surface area contributed by atoms with E-state index in [4.69, 9.17) is 0 Å². The van der Waals surface area contributed by atoms with Crippen LogP contribution in [-0.2, 0) is 10.0 Å². The second-order valence-corrected chi connectivity index (χ2v) is 9.69. The normalized spacial score (nSPS) is 21.5. The fourth-order valence-corrected chi connectivity index (χ4v) is 5.46. The number of nitrogens with zero attached hydrogens (tertiary/aromatic N) is 1. The first-order chi connectivity index (χ1) is 13.0. The summed E-state index contributed by atoms with van der Waals surface area (Å²) in [5.41, 5.74) is 1.93. The molecule has 3 rings (SSSR count). The van der Waals surface area contributed by atoms with Gasteiger partial charge in [-0.05, 0) is 75.1 Å². The lowest BCUT2D eigenvalue weighted by molar-refractivity contribution is 0.0954. The van der Waals surface area contributed by atoms with Gasteiger partial charge in [0.25, 0.3) is 5.91 Å². The monoisotopic (exact) mass is 390 g/mol. The predicted octanol–water partition coefficient (Wildman–Crippen LogP) is 3.73. The van der Waals surface area contributed by atoms with Crippen LogP contribution in [0.15, 0.2) is 40.8 Å². The number of hydrogen-bond donors (Lipinski definition) is 1. The zero-order valence-electron chi connectivity index (χ0n) is 16.1. The highest BCUT2D eigenvalue weighted by atomic mass is 32.2. The average molecular weight is 391 g/mol. The van der Waals surface area contributed by atoms with Crippen LogP contribution in [0.1, 0.15) is 62.2 Å². The molecule has 1 atom stereocenters. The molecule has 1 aliphatic heterocycles. The number of amides is 1. The minimum absolute atomic E-state index is 0.151. The van der Waals surface area contributed by atoms with Crippen molar-refractivity contribution in [3.8, 4) is 0 Å². The van der Waals surface area contributed by atoms with Crippen LogP contribution in [0.5, 0.6) is 0 Å². The van der Waals surface area contributed by atoms with Crippen molar-refractivity contribution in [1.82, 2.24) is 9.62 Å². The van der Waals surface area contributed by atoms with E-state index in [1.807, 2.05) is 0 Å². The van der Waals surface area contributed by atoms with Crippen molar-refractivity contribution < 1.29 is 13.2 Å². The number of nitrogens with one attached hydrogen (secondary N) is 1. The lowest BCUT2D eigenvalue weighted by atomic mass is 9.97. The number of carbonyl (C=O) groups excluding carboxylic acids is 1. The molecule has 0 radical (unpaired) electrons. The largest absolute Gasteiger partial charge is 0.352 e. The van der Waals surface area contributed by atoms with E-state index < -0.39 is 10.0 Å². The molecule has 0 saturated carbocycles. The molecule has 1 N–H and O–H groups in total. The van der Waals surface area contributed by atoms with Crippen LogP contribution < -0.4 is 5.32 Å². The highest BCUT2D eigenvalue weighted by molar-refractivity contribution is 7.89. The molecule has 0 spiro atoms. The Kier molecular flexibility index (Phi) is 6.71. The maximum atomic E-state index is 12.8. The maximum Gasteiger partial charge on any atom is 0.251 e. The van der Waals surface area contributed by atoms with E-state index in [2.05, 4.69) is 18.3 Å². The quantitative estimate of drug-likeness (QED) is 0.753. The molecule has 1 saturated heterocycles. The van der Waals surface area contributed by atoms with Gasteiger partial charge >= 0.3 is 0 Å². The van der Waals surface area contributed by atoms with Crippen molar-refractivity contribution in [3.63, 3.8) is 0 Å². The van der Waals surface area contributed by atoms with E-state index >= 15 is 0 Å². The van der Waals surface area contributed by atoms with Crippen molar-refractivity contribution in [2.45, 2.75) is 56.8 Å². The molecule has 1 heterocycles. The summed E-state index contributed by atoms with van der Waals surface area (Å²) >= 11 is 0. The van der Waals surface area contributed by atoms with Crippen molar-refractivity contribution in [2.24, 2.45) is 5.92 Å². The Bertz CT molecular complexity index is 784. The molecule has 5 nitrogen and oxygen atoms in total. The summed E-state index contributed by atoms with van der Waals surface area (Å²) in [6.45, 7) is 3.85. The highest BCUT2D eigenvalue weighted by Gasteiger charge is 2.28. The van der Waals surface area contributed by atoms with E-state index in [0.29, 0.717) is 31.1 Å². The summed E-state index contributed by atoms with van der Waals surface area (Å²) in [7, 11) is -3.47. The Morgan fingerprint density at radius 1 is 1.19 bits per heavy atom. The second kappa shape index (κ2) is 9.02. The summed E-state index contributed by atoms with van der Waals surface area (Å²) < 4.78 is 27.1. The zero-order valence-corrected chi connectivity index (χ0v) is 16.9. The SMILES string of the molecule is CC1CCCN(S(=O)(=O)c2ccc(C(=O)NCCC3=CCCCC3)cc2)C1. The van der Waals surface area contributed by atoms with E-state index in [9.17, 15) is 13.2 Å². The predicted molar refractivity (Wildman–Crippen MR) is 107 cm³/mol. The second-order valence-electron chi connectivity index (χ2n) is 7.75. The van der Waals surface area contributed by atoms with E-state index in [1.54, 1.807) is 28.6 Å². The Morgan fingerprint density at radius 2 is 1.96 bits per heavy atom. The molecular formula is C21H30N2O3S. The van der Waals surface area contributed by atoms with Gasteiger partial charge in [0.2, 0.25) is 10.0 Å². The first-order valence-corrected chi connectivity index (χ1v) is 11.5. The molecule has 2 aliphatic rings. The number of sulfonamides is 1. The van der Waals surface area contributed by atoms with Crippen molar-refractivity contribution in [3.05, 3.63) is 41.5 Å². The van der Waals surface area contributed by atoms with Crippen LogP contribution in [-0.4, -0.2) is 38.3 Å². The molecule has 1 unspecified atom stereocenters. The first kappa shape index (κ1) is 20.1. The third kappa shape index (κ3) is 5.20. The number of piperidine rings is 1. The minimum atomic E-state index is -3.47. The Morgan fingerprint density at radius 3 is 2.63 bits per heavy atom. The van der Waals surface area contributed by atoms with Gasteiger partial charge in [-0.3, -0.25) is 4.79 Å². The lowest BCUT2D eigenvalue weighted by Gasteiger charge is -2.30. The molecule has 0 bridgehead atoms. The third-order valence-corrected chi connectivity index (χ3v) is 7.37. The van der Waals surface area contributed by atoms with Gasteiger partial charge in [0, 0.05) is 25.2 Å². The molecule has 148 valence electrons. The van der Waals surface area contributed by atoms with Crippen LogP contribution in [0.25, 0.3) is 0 Å². The van der Waals surface area contributed by atoms with E-state index in [1.165, 1.54) is 18.4 Å². The molecule has 1 aliphatic carbocycles. The maximum absolute atomic E-state index is 12.8. The number of benzene rings is 1. The summed E-state index contributed by atoms with van der Waals surface area (Å²) in [6.07, 6.45) is 9.95. The molecule has 27 heavy (non-hydrogen) atoms. The van der Waals surface area contributed by atoms with Crippen LogP contribution >= 0.6 is 0 Å². The summed E-state index contributed by atoms with van der Waals surface area (Å²) in [5, 5.41) is 2.93. The Balaban J connectivity index is 1.57. The van der Waals surface area contributed by atoms with Gasteiger partial charge in [0.05, 0.1) is 4.90 Å². The first-order valence-electron chi connectivity index (χ1n) is 10.0. The molecular weight excluding hydrogens is 360 g/mol.